The molecule has 2 atom stereocenters. The van der Waals surface area contributed by atoms with Crippen molar-refractivity contribution >= 4 is 34.9 Å². The summed E-state index contributed by atoms with van der Waals surface area (Å²) >= 11 is 0. The minimum Gasteiger partial charge on any atom is -0.366 e. The summed E-state index contributed by atoms with van der Waals surface area (Å²) < 4.78 is 0. The van der Waals surface area contributed by atoms with Crippen molar-refractivity contribution < 1.29 is 19.3 Å². The summed E-state index contributed by atoms with van der Waals surface area (Å²) in [5, 5.41) is 13.9. The van der Waals surface area contributed by atoms with Crippen molar-refractivity contribution in [3.8, 4) is 0 Å². The second-order valence-corrected chi connectivity index (χ2v) is 8.83. The average molecular weight is 470 g/mol. The Kier molecular flexibility index (Phi) is 5.12. The summed E-state index contributed by atoms with van der Waals surface area (Å²) in [5.41, 5.74) is 1.06. The number of benzene rings is 3. The van der Waals surface area contributed by atoms with Gasteiger partial charge in [0.25, 0.3) is 11.6 Å². The highest BCUT2D eigenvalue weighted by Crippen LogP contribution is 2.52. The number of urea groups is 1. The van der Waals surface area contributed by atoms with Crippen LogP contribution in [0.25, 0.3) is 0 Å². The zero-order valence-corrected chi connectivity index (χ0v) is 19.1. The van der Waals surface area contributed by atoms with Gasteiger partial charge in [-0.05, 0) is 35.7 Å². The smallest absolute Gasteiger partial charge is 0.335 e. The SMILES string of the molecule is Cc1ccccc1N1C(=O)NC(=O)[C@]2(Cc3cc([N+](=O)[O-])ccc3N(C)[C@@H]2c2ccccc2)C1=O. The van der Waals surface area contributed by atoms with Crippen molar-refractivity contribution in [1.29, 1.82) is 0 Å². The fourth-order valence-electron chi connectivity index (χ4n) is 5.26. The summed E-state index contributed by atoms with van der Waals surface area (Å²) in [6, 6.07) is 18.9. The largest absolute Gasteiger partial charge is 0.366 e. The van der Waals surface area contributed by atoms with Crippen LogP contribution in [0.15, 0.2) is 72.8 Å². The van der Waals surface area contributed by atoms with Gasteiger partial charge in [-0.1, -0.05) is 48.5 Å². The van der Waals surface area contributed by atoms with E-state index in [9.17, 15) is 24.5 Å². The number of anilines is 2. The number of aryl methyl sites for hydroxylation is 1. The first kappa shape index (κ1) is 22.3. The van der Waals surface area contributed by atoms with Gasteiger partial charge in [-0.15, -0.1) is 0 Å². The molecular formula is C26H22N4O5. The molecule has 2 aliphatic rings. The number of barbiturate groups is 1. The van der Waals surface area contributed by atoms with E-state index in [4.69, 9.17) is 0 Å². The molecular weight excluding hydrogens is 448 g/mol. The van der Waals surface area contributed by atoms with Crippen molar-refractivity contribution in [2.24, 2.45) is 5.41 Å². The van der Waals surface area contributed by atoms with Crippen molar-refractivity contribution in [2.45, 2.75) is 19.4 Å². The van der Waals surface area contributed by atoms with Crippen molar-refractivity contribution in [1.82, 2.24) is 5.32 Å². The molecule has 0 saturated carbocycles. The molecule has 5 rings (SSSR count). The van der Waals surface area contributed by atoms with Crippen LogP contribution < -0.4 is 15.1 Å². The number of nitro benzene ring substituents is 1. The standard InChI is InChI=1S/C26H22N4O5/c1-16-8-6-7-11-20(16)29-24(32)26(23(31)27-25(29)33)15-18-14-19(30(34)35)12-13-21(18)28(2)22(26)17-9-4-3-5-10-17/h3-14,22H,15H2,1-2H3,(H,27,31,33)/t22-,26-/m1/s1. The minimum atomic E-state index is -1.74. The zero-order valence-electron chi connectivity index (χ0n) is 19.1. The summed E-state index contributed by atoms with van der Waals surface area (Å²) in [6.45, 7) is 1.78. The predicted octanol–water partition coefficient (Wildman–Crippen LogP) is 3.91. The van der Waals surface area contributed by atoms with Crippen molar-refractivity contribution in [3.05, 3.63) is 99.6 Å². The van der Waals surface area contributed by atoms with Crippen LogP contribution in [-0.4, -0.2) is 29.8 Å². The molecule has 1 fully saturated rings. The number of hydrogen-bond donors (Lipinski definition) is 1. The van der Waals surface area contributed by atoms with Crippen LogP contribution in [0.1, 0.15) is 22.7 Å². The second-order valence-electron chi connectivity index (χ2n) is 8.83. The molecule has 0 bridgehead atoms. The lowest BCUT2D eigenvalue weighted by molar-refractivity contribution is -0.384. The third kappa shape index (κ3) is 3.27. The van der Waals surface area contributed by atoms with Gasteiger partial charge in [-0.3, -0.25) is 25.0 Å². The van der Waals surface area contributed by atoms with Crippen LogP contribution in [-0.2, 0) is 16.0 Å². The molecule has 1 N–H and O–H groups in total. The summed E-state index contributed by atoms with van der Waals surface area (Å²) in [5.74, 6) is -1.39. The number of nitro groups is 1. The van der Waals surface area contributed by atoms with E-state index >= 15 is 0 Å². The van der Waals surface area contributed by atoms with E-state index in [2.05, 4.69) is 5.32 Å². The third-order valence-corrected chi connectivity index (χ3v) is 6.86. The predicted molar refractivity (Wildman–Crippen MR) is 129 cm³/mol. The van der Waals surface area contributed by atoms with Crippen LogP contribution in [0.4, 0.5) is 21.9 Å². The molecule has 1 spiro atoms. The fraction of sp³-hybridized carbons (Fsp3) is 0.192. The second kappa shape index (κ2) is 8.05. The number of fused-ring (bicyclic) bond motifs is 1. The van der Waals surface area contributed by atoms with Crippen molar-refractivity contribution in [3.63, 3.8) is 0 Å². The first-order chi connectivity index (χ1) is 16.8. The van der Waals surface area contributed by atoms with Gasteiger partial charge in [0, 0.05) is 31.3 Å². The Balaban J connectivity index is 1.76. The molecule has 4 amide bonds. The first-order valence-electron chi connectivity index (χ1n) is 11.1. The number of hydrogen-bond acceptors (Lipinski definition) is 6. The highest BCUT2D eigenvalue weighted by Gasteiger charge is 2.62. The number of carbonyl (C=O) groups is 3. The maximum atomic E-state index is 14.3. The maximum Gasteiger partial charge on any atom is 0.335 e. The Morgan fingerprint density at radius 2 is 1.66 bits per heavy atom. The third-order valence-electron chi connectivity index (χ3n) is 6.86. The molecule has 35 heavy (non-hydrogen) atoms. The topological polar surface area (TPSA) is 113 Å². The molecule has 9 heteroatoms. The number of rotatable bonds is 3. The Bertz CT molecular complexity index is 1390. The van der Waals surface area contributed by atoms with E-state index in [0.29, 0.717) is 28.1 Å². The Labute approximate surface area is 201 Å². The lowest BCUT2D eigenvalue weighted by Gasteiger charge is -2.51. The number of carbonyl (C=O) groups excluding carboxylic acids is 3. The Hall–Kier alpha value is -4.53. The summed E-state index contributed by atoms with van der Waals surface area (Å²) in [7, 11) is 1.75. The van der Waals surface area contributed by atoms with E-state index in [1.54, 1.807) is 49.2 Å². The van der Waals surface area contributed by atoms with E-state index in [-0.39, 0.29) is 12.1 Å². The van der Waals surface area contributed by atoms with Gasteiger partial charge in [-0.25, -0.2) is 9.69 Å². The number of imide groups is 2. The number of para-hydroxylation sites is 1. The molecule has 2 aliphatic heterocycles. The zero-order chi connectivity index (χ0) is 24.9. The highest BCUT2D eigenvalue weighted by molar-refractivity contribution is 6.31. The number of amides is 4. The van der Waals surface area contributed by atoms with Crippen molar-refractivity contribution in [2.75, 3.05) is 16.8 Å². The monoisotopic (exact) mass is 470 g/mol. The van der Waals surface area contributed by atoms with Gasteiger partial charge in [0.15, 0.2) is 5.41 Å². The first-order valence-corrected chi connectivity index (χ1v) is 11.1. The Morgan fingerprint density at radius 3 is 2.34 bits per heavy atom. The van der Waals surface area contributed by atoms with Gasteiger partial charge < -0.3 is 4.90 Å². The maximum absolute atomic E-state index is 14.3. The number of nitrogens with zero attached hydrogens (tertiary/aromatic N) is 3. The van der Waals surface area contributed by atoms with Gasteiger partial charge in [0.05, 0.1) is 16.7 Å². The van der Waals surface area contributed by atoms with E-state index in [0.717, 1.165) is 4.90 Å². The molecule has 1 saturated heterocycles. The van der Waals surface area contributed by atoms with Crippen LogP contribution >= 0.6 is 0 Å². The van der Waals surface area contributed by atoms with Gasteiger partial charge in [0.2, 0.25) is 5.91 Å². The molecule has 3 aromatic rings. The molecule has 0 unspecified atom stereocenters. The molecule has 3 aromatic carbocycles. The van der Waals surface area contributed by atoms with E-state index in [1.807, 2.05) is 30.3 Å². The highest BCUT2D eigenvalue weighted by atomic mass is 16.6. The molecule has 0 radical (unpaired) electrons. The molecule has 0 aromatic heterocycles. The van der Waals surface area contributed by atoms with Gasteiger partial charge >= 0.3 is 6.03 Å². The quantitative estimate of drug-likeness (QED) is 0.353. The molecule has 0 aliphatic carbocycles. The molecule has 176 valence electrons. The van der Waals surface area contributed by atoms with Crippen LogP contribution in [0.2, 0.25) is 0 Å². The van der Waals surface area contributed by atoms with Crippen LogP contribution in [0, 0.1) is 22.5 Å². The van der Waals surface area contributed by atoms with Crippen LogP contribution in [0.3, 0.4) is 0 Å². The normalized spacial score (nSPS) is 21.7. The molecule has 2 heterocycles. The Morgan fingerprint density at radius 1 is 0.971 bits per heavy atom. The van der Waals surface area contributed by atoms with Gasteiger partial charge in [0.1, 0.15) is 0 Å². The van der Waals surface area contributed by atoms with Crippen LogP contribution in [0.5, 0.6) is 0 Å². The van der Waals surface area contributed by atoms with E-state index < -0.39 is 34.2 Å². The molecule has 9 nitrogen and oxygen atoms in total. The lowest BCUT2D eigenvalue weighted by atomic mass is 9.66. The minimum absolute atomic E-state index is 0.103. The fourth-order valence-corrected chi connectivity index (χ4v) is 5.26. The number of nitrogens with one attached hydrogen (secondary N) is 1. The van der Waals surface area contributed by atoms with E-state index in [1.165, 1.54) is 12.1 Å². The van der Waals surface area contributed by atoms with Gasteiger partial charge in [-0.2, -0.15) is 0 Å². The summed E-state index contributed by atoms with van der Waals surface area (Å²) in [4.78, 5) is 54.7. The lowest BCUT2D eigenvalue weighted by Crippen LogP contribution is -2.69. The summed E-state index contributed by atoms with van der Waals surface area (Å²) in [6.07, 6.45) is -0.103. The number of non-ortho nitro benzene ring substituents is 1. The average Bonchev–Trinajstić information content (AvgIpc) is 2.84.